The summed E-state index contributed by atoms with van der Waals surface area (Å²) in [7, 11) is -3.62. The predicted octanol–water partition coefficient (Wildman–Crippen LogP) is 2.19. The molecule has 17 heavy (non-hydrogen) atoms. The van der Waals surface area contributed by atoms with Crippen LogP contribution in [0.1, 0.15) is 6.42 Å². The van der Waals surface area contributed by atoms with Crippen molar-refractivity contribution in [2.24, 2.45) is 0 Å². The average molecular weight is 353 g/mol. The van der Waals surface area contributed by atoms with Crippen molar-refractivity contribution in [1.82, 2.24) is 4.72 Å². The van der Waals surface area contributed by atoms with Crippen molar-refractivity contribution in [1.29, 1.82) is 5.26 Å². The zero-order valence-electron chi connectivity index (χ0n) is 8.64. The van der Waals surface area contributed by atoms with Gasteiger partial charge < -0.3 is 0 Å². The van der Waals surface area contributed by atoms with Crippen LogP contribution in [0, 0.1) is 11.3 Å². The van der Waals surface area contributed by atoms with E-state index in [0.29, 0.717) is 16.6 Å². The van der Waals surface area contributed by atoms with Gasteiger partial charge in [0.2, 0.25) is 0 Å². The quantitative estimate of drug-likeness (QED) is 0.904. The Labute approximate surface area is 117 Å². The molecule has 0 bridgehead atoms. The van der Waals surface area contributed by atoms with Crippen molar-refractivity contribution in [3.63, 3.8) is 0 Å². The van der Waals surface area contributed by atoms with Crippen LogP contribution in [0.5, 0.6) is 0 Å². The van der Waals surface area contributed by atoms with E-state index in [9.17, 15) is 8.42 Å². The Morgan fingerprint density at radius 1 is 1.59 bits per heavy atom. The second-order valence-electron chi connectivity index (χ2n) is 3.66. The Morgan fingerprint density at radius 3 is 2.82 bits per heavy atom. The van der Waals surface area contributed by atoms with E-state index < -0.39 is 15.6 Å². The van der Waals surface area contributed by atoms with Crippen LogP contribution in [-0.4, -0.2) is 25.5 Å². The van der Waals surface area contributed by atoms with E-state index in [1.165, 1.54) is 0 Å². The monoisotopic (exact) mass is 352 g/mol. The van der Waals surface area contributed by atoms with Gasteiger partial charge in [-0.1, -0.05) is 0 Å². The van der Waals surface area contributed by atoms with Crippen LogP contribution < -0.4 is 4.72 Å². The minimum absolute atomic E-state index is 0.226. The summed E-state index contributed by atoms with van der Waals surface area (Å²) in [6.07, 6.45) is 0.552. The summed E-state index contributed by atoms with van der Waals surface area (Å²) in [6, 6.07) is 3.78. The van der Waals surface area contributed by atoms with Crippen LogP contribution in [0.25, 0.3) is 0 Å². The van der Waals surface area contributed by atoms with Gasteiger partial charge in [-0.15, -0.1) is 11.3 Å². The first-order chi connectivity index (χ1) is 7.99. The lowest BCUT2D eigenvalue weighted by Gasteiger charge is -2.20. The second-order valence-corrected chi connectivity index (χ2v) is 8.41. The van der Waals surface area contributed by atoms with Crippen LogP contribution >= 0.6 is 39.0 Å². The van der Waals surface area contributed by atoms with Gasteiger partial charge >= 0.3 is 0 Å². The van der Waals surface area contributed by atoms with E-state index >= 15 is 0 Å². The molecule has 1 aliphatic rings. The Bertz CT molecular complexity index is 555. The fourth-order valence-electron chi connectivity index (χ4n) is 1.53. The number of nitriles is 1. The third kappa shape index (κ3) is 2.69. The standard InChI is InChI=1S/C9H9BrN2O2S3/c10-7-1-3-16-8(7)17(13,14)12-9(5-11)2-4-15-6-9/h1,3,12H,2,4,6H2. The molecule has 2 heterocycles. The van der Waals surface area contributed by atoms with Gasteiger partial charge in [-0.25, -0.2) is 8.42 Å². The van der Waals surface area contributed by atoms with E-state index in [1.807, 2.05) is 0 Å². The largest absolute Gasteiger partial charge is 0.252 e. The molecule has 1 atom stereocenters. The first kappa shape index (κ1) is 13.4. The molecule has 1 aliphatic heterocycles. The Kier molecular flexibility index (Phi) is 3.85. The summed E-state index contributed by atoms with van der Waals surface area (Å²) in [5.74, 6) is 1.31. The van der Waals surface area contributed by atoms with Gasteiger partial charge in [0.05, 0.1) is 6.07 Å². The third-order valence-corrected chi connectivity index (χ3v) is 7.79. The lowest BCUT2D eigenvalue weighted by atomic mass is 10.0. The maximum atomic E-state index is 12.1. The zero-order chi connectivity index (χ0) is 12.5. The summed E-state index contributed by atoms with van der Waals surface area (Å²) < 4.78 is 27.6. The zero-order valence-corrected chi connectivity index (χ0v) is 12.7. The van der Waals surface area contributed by atoms with Crippen molar-refractivity contribution in [2.75, 3.05) is 11.5 Å². The fraction of sp³-hybridized carbons (Fsp3) is 0.444. The molecular weight excluding hydrogens is 344 g/mol. The number of thioether (sulfide) groups is 1. The van der Waals surface area contributed by atoms with Crippen LogP contribution in [-0.2, 0) is 10.0 Å². The Balaban J connectivity index is 2.30. The summed E-state index contributed by atoms with van der Waals surface area (Å²) in [6.45, 7) is 0. The number of hydrogen-bond acceptors (Lipinski definition) is 5. The minimum Gasteiger partial charge on any atom is -0.206 e. The van der Waals surface area contributed by atoms with Crippen molar-refractivity contribution < 1.29 is 8.42 Å². The second kappa shape index (κ2) is 4.90. The molecule has 2 rings (SSSR count). The summed E-state index contributed by atoms with van der Waals surface area (Å²) in [5.41, 5.74) is -0.951. The summed E-state index contributed by atoms with van der Waals surface area (Å²) in [4.78, 5) is 0. The first-order valence-corrected chi connectivity index (χ1v) is 9.06. The SMILES string of the molecule is N#CC1(NS(=O)(=O)c2sccc2Br)CCSC1. The molecule has 1 saturated heterocycles. The van der Waals surface area contributed by atoms with Crippen LogP contribution in [0.15, 0.2) is 20.1 Å². The van der Waals surface area contributed by atoms with E-state index in [0.717, 1.165) is 17.1 Å². The highest BCUT2D eigenvalue weighted by molar-refractivity contribution is 9.10. The van der Waals surface area contributed by atoms with E-state index in [2.05, 4.69) is 26.7 Å². The maximum absolute atomic E-state index is 12.1. The van der Waals surface area contributed by atoms with Crippen LogP contribution in [0.4, 0.5) is 0 Å². The Hall–Kier alpha value is -0.0700. The van der Waals surface area contributed by atoms with Crippen molar-refractivity contribution in [3.8, 4) is 6.07 Å². The summed E-state index contributed by atoms with van der Waals surface area (Å²) >= 11 is 5.92. The molecule has 0 radical (unpaired) electrons. The normalized spacial score (nSPS) is 24.7. The number of thiophene rings is 1. The number of hydrogen-bond donors (Lipinski definition) is 1. The highest BCUT2D eigenvalue weighted by Gasteiger charge is 2.39. The highest BCUT2D eigenvalue weighted by atomic mass is 79.9. The van der Waals surface area contributed by atoms with Gasteiger partial charge in [0, 0.05) is 10.2 Å². The maximum Gasteiger partial charge on any atom is 0.252 e. The number of nitrogens with one attached hydrogen (secondary N) is 1. The molecule has 0 aliphatic carbocycles. The topological polar surface area (TPSA) is 70.0 Å². The first-order valence-electron chi connectivity index (χ1n) is 4.75. The number of rotatable bonds is 3. The van der Waals surface area contributed by atoms with Gasteiger partial charge in [-0.2, -0.15) is 21.7 Å². The smallest absolute Gasteiger partial charge is 0.206 e. The minimum atomic E-state index is -3.62. The molecule has 1 fully saturated rings. The summed E-state index contributed by atoms with van der Waals surface area (Å²) in [5, 5.41) is 10.8. The van der Waals surface area contributed by atoms with E-state index in [-0.39, 0.29) is 4.21 Å². The molecule has 1 aromatic rings. The van der Waals surface area contributed by atoms with Gasteiger partial charge in [-0.05, 0) is 39.6 Å². The molecule has 0 aromatic carbocycles. The Morgan fingerprint density at radius 2 is 2.35 bits per heavy atom. The molecule has 0 spiro atoms. The number of sulfonamides is 1. The molecular formula is C9H9BrN2O2S3. The third-order valence-electron chi connectivity index (χ3n) is 2.39. The lowest BCUT2D eigenvalue weighted by molar-refractivity contribution is 0.516. The predicted molar refractivity (Wildman–Crippen MR) is 72.6 cm³/mol. The van der Waals surface area contributed by atoms with Crippen LogP contribution in [0.3, 0.4) is 0 Å². The van der Waals surface area contributed by atoms with Crippen molar-refractivity contribution >= 4 is 49.1 Å². The fourth-order valence-corrected chi connectivity index (χ4v) is 6.57. The molecule has 0 saturated carbocycles. The number of nitrogens with zero attached hydrogens (tertiary/aromatic N) is 1. The average Bonchev–Trinajstić information content (AvgIpc) is 2.87. The molecule has 8 heteroatoms. The molecule has 1 N–H and O–H groups in total. The molecule has 1 aromatic heterocycles. The van der Waals surface area contributed by atoms with Gasteiger partial charge in [0.1, 0.15) is 9.75 Å². The molecule has 92 valence electrons. The molecule has 4 nitrogen and oxygen atoms in total. The van der Waals surface area contributed by atoms with Crippen LogP contribution in [0.2, 0.25) is 0 Å². The van der Waals surface area contributed by atoms with E-state index in [1.54, 1.807) is 23.2 Å². The van der Waals surface area contributed by atoms with Gasteiger partial charge in [0.25, 0.3) is 10.0 Å². The van der Waals surface area contributed by atoms with Gasteiger partial charge in [0.15, 0.2) is 0 Å². The van der Waals surface area contributed by atoms with Gasteiger partial charge in [-0.3, -0.25) is 0 Å². The van der Waals surface area contributed by atoms with Crippen molar-refractivity contribution in [2.45, 2.75) is 16.2 Å². The molecule has 0 amide bonds. The van der Waals surface area contributed by atoms with Crippen molar-refractivity contribution in [3.05, 3.63) is 15.9 Å². The molecule has 1 unspecified atom stereocenters. The lowest BCUT2D eigenvalue weighted by Crippen LogP contribution is -2.47. The number of halogens is 1. The highest BCUT2D eigenvalue weighted by Crippen LogP contribution is 2.32. The van der Waals surface area contributed by atoms with E-state index in [4.69, 9.17) is 5.26 Å².